The van der Waals surface area contributed by atoms with Crippen LogP contribution in [-0.2, 0) is 30.9 Å². The Hall–Kier alpha value is -3.84. The van der Waals surface area contributed by atoms with E-state index >= 15 is 0 Å². The molecule has 2 aromatic carbocycles. The summed E-state index contributed by atoms with van der Waals surface area (Å²) in [5.41, 5.74) is 0.497. The molecule has 222 valence electrons. The second kappa shape index (κ2) is 13.6. The molecule has 3 atom stereocenters. The van der Waals surface area contributed by atoms with E-state index in [1.807, 2.05) is 66.7 Å². The Labute approximate surface area is 260 Å². The van der Waals surface area contributed by atoms with E-state index in [0.717, 1.165) is 22.9 Å². The van der Waals surface area contributed by atoms with Crippen molar-refractivity contribution in [3.8, 4) is 6.07 Å². The number of β-lactam (4-membered cyclic amide) rings is 1. The molecule has 3 heterocycles. The van der Waals surface area contributed by atoms with Gasteiger partial charge in [0.2, 0.25) is 11.1 Å². The van der Waals surface area contributed by atoms with Gasteiger partial charge in [0.1, 0.15) is 5.37 Å². The third-order valence-corrected chi connectivity index (χ3v) is 9.93. The summed E-state index contributed by atoms with van der Waals surface area (Å²) in [6.07, 6.45) is -0.722. The van der Waals surface area contributed by atoms with Crippen molar-refractivity contribution in [2.24, 2.45) is 7.05 Å². The van der Waals surface area contributed by atoms with Crippen molar-refractivity contribution in [2.45, 2.75) is 28.4 Å². The maximum atomic E-state index is 14.1. The SMILES string of the molecule is CO[C@@]1(NC(=O)CSCC#N)C(=O)N2C(C(=O)OC(c3ccccc3)c3ccccc3)C(CSc3nnnn3C)=CS[C@@H]21. The summed E-state index contributed by atoms with van der Waals surface area (Å²) in [4.78, 5) is 42.0. The number of hydrogen-bond acceptors (Lipinski definition) is 12. The molecular formula is C28H27N7O5S3. The van der Waals surface area contributed by atoms with E-state index in [1.165, 1.54) is 40.2 Å². The molecule has 0 saturated carbocycles. The van der Waals surface area contributed by atoms with Crippen LogP contribution in [0.4, 0.5) is 0 Å². The fourth-order valence-electron chi connectivity index (χ4n) is 4.76. The Bertz CT molecular complexity index is 1510. The van der Waals surface area contributed by atoms with E-state index in [2.05, 4.69) is 20.8 Å². The van der Waals surface area contributed by atoms with Gasteiger partial charge in [0.25, 0.3) is 11.6 Å². The van der Waals surface area contributed by atoms with Crippen molar-refractivity contribution in [3.05, 3.63) is 82.8 Å². The fourth-order valence-corrected chi connectivity index (χ4v) is 7.49. The van der Waals surface area contributed by atoms with Crippen molar-refractivity contribution in [2.75, 3.05) is 24.4 Å². The van der Waals surface area contributed by atoms with Gasteiger partial charge >= 0.3 is 5.97 Å². The Morgan fingerprint density at radius 2 is 1.84 bits per heavy atom. The number of thioether (sulfide) groups is 3. The number of carbonyl (C=O) groups excluding carboxylic acids is 3. The van der Waals surface area contributed by atoms with Crippen molar-refractivity contribution >= 4 is 53.1 Å². The Morgan fingerprint density at radius 1 is 1.16 bits per heavy atom. The minimum atomic E-state index is -1.67. The lowest BCUT2D eigenvalue weighted by molar-refractivity contribution is -0.202. The van der Waals surface area contributed by atoms with Crippen LogP contribution < -0.4 is 5.32 Å². The molecule has 1 unspecified atom stereocenters. The van der Waals surface area contributed by atoms with E-state index < -0.39 is 41.0 Å². The molecule has 43 heavy (non-hydrogen) atoms. The monoisotopic (exact) mass is 637 g/mol. The van der Waals surface area contributed by atoms with Gasteiger partial charge in [0.15, 0.2) is 12.1 Å². The Kier molecular flexibility index (Phi) is 9.71. The van der Waals surface area contributed by atoms with Crippen molar-refractivity contribution < 1.29 is 23.9 Å². The highest BCUT2D eigenvalue weighted by Gasteiger charge is 2.67. The Balaban J connectivity index is 1.45. The molecule has 1 N–H and O–H groups in total. The quantitative estimate of drug-likeness (QED) is 0.102. The summed E-state index contributed by atoms with van der Waals surface area (Å²) in [5.74, 6) is -1.23. The predicted octanol–water partition coefficient (Wildman–Crippen LogP) is 2.52. The number of amides is 2. The molecular weight excluding hydrogens is 611 g/mol. The van der Waals surface area contributed by atoms with Gasteiger partial charge < -0.3 is 19.7 Å². The summed E-state index contributed by atoms with van der Waals surface area (Å²) >= 11 is 3.71. The van der Waals surface area contributed by atoms with E-state index in [0.29, 0.717) is 16.5 Å². The highest BCUT2D eigenvalue weighted by Crippen LogP contribution is 2.47. The second-order valence-electron chi connectivity index (χ2n) is 9.45. The number of ether oxygens (including phenoxy) is 2. The average molecular weight is 638 g/mol. The summed E-state index contributed by atoms with van der Waals surface area (Å²) in [6, 6.07) is 19.6. The summed E-state index contributed by atoms with van der Waals surface area (Å²) in [6.45, 7) is 0. The number of fused-ring (bicyclic) bond motifs is 1. The van der Waals surface area contributed by atoms with Gasteiger partial charge in [-0.25, -0.2) is 9.48 Å². The molecule has 3 aromatic rings. The lowest BCUT2D eigenvalue weighted by Gasteiger charge is -2.57. The van der Waals surface area contributed by atoms with Gasteiger partial charge in [0.05, 0.1) is 17.6 Å². The first-order valence-electron chi connectivity index (χ1n) is 13.0. The van der Waals surface area contributed by atoms with E-state index in [4.69, 9.17) is 14.7 Å². The molecule has 2 aliphatic rings. The van der Waals surface area contributed by atoms with Gasteiger partial charge in [-0.05, 0) is 32.5 Å². The van der Waals surface area contributed by atoms with Crippen LogP contribution in [0.3, 0.4) is 0 Å². The van der Waals surface area contributed by atoms with Crippen LogP contribution in [0.25, 0.3) is 0 Å². The van der Waals surface area contributed by atoms with Crippen LogP contribution in [0.15, 0.2) is 76.8 Å². The van der Waals surface area contributed by atoms with Gasteiger partial charge in [-0.2, -0.15) is 5.26 Å². The number of methoxy groups -OCH3 is 1. The molecule has 12 nitrogen and oxygen atoms in total. The molecule has 1 saturated heterocycles. The first kappa shape index (κ1) is 30.6. The normalized spacial score (nSPS) is 20.9. The molecule has 15 heteroatoms. The van der Waals surface area contributed by atoms with E-state index in [9.17, 15) is 14.4 Å². The maximum absolute atomic E-state index is 14.1. The van der Waals surface area contributed by atoms with Gasteiger partial charge in [0, 0.05) is 19.9 Å². The molecule has 0 radical (unpaired) electrons. The molecule has 2 amide bonds. The van der Waals surface area contributed by atoms with Crippen LogP contribution in [-0.4, -0.2) is 84.4 Å². The number of tetrazole rings is 1. The molecule has 1 aromatic heterocycles. The standard InChI is InChI=1S/C28H27N7O5S3/c1-34-27(31-32-33-34)43-16-20-15-42-26-28(39-2,30-21(36)17-41-14-13-29)25(38)35(26)22(20)24(37)40-23(18-9-5-3-6-10-18)19-11-7-4-8-12-19/h3-12,15,22-23,26H,14,16-17H2,1-2H3,(H,30,36)/t22?,26-,28+/m1/s1. The molecule has 0 aliphatic carbocycles. The van der Waals surface area contributed by atoms with E-state index in [1.54, 1.807) is 12.5 Å². The number of nitrogens with one attached hydrogen (secondary N) is 1. The number of aryl methyl sites for hydroxylation is 1. The van der Waals surface area contributed by atoms with Gasteiger partial charge in [-0.3, -0.25) is 9.59 Å². The number of nitriles is 1. The topological polar surface area (TPSA) is 152 Å². The third-order valence-electron chi connectivity index (χ3n) is 6.79. The second-order valence-corrected chi connectivity index (χ2v) is 12.3. The largest absolute Gasteiger partial charge is 0.451 e. The van der Waals surface area contributed by atoms with Crippen LogP contribution in [0.1, 0.15) is 17.2 Å². The summed E-state index contributed by atoms with van der Waals surface area (Å²) < 4.78 is 13.3. The molecule has 0 spiro atoms. The number of hydrogen-bond donors (Lipinski definition) is 1. The number of esters is 1. The van der Waals surface area contributed by atoms with Gasteiger partial charge in [-0.1, -0.05) is 72.4 Å². The summed E-state index contributed by atoms with van der Waals surface area (Å²) in [5, 5.41) is 24.6. The van der Waals surface area contributed by atoms with Crippen LogP contribution in [0, 0.1) is 11.3 Å². The smallest absolute Gasteiger partial charge is 0.334 e. The number of aromatic nitrogens is 4. The number of benzene rings is 2. The zero-order valence-electron chi connectivity index (χ0n) is 23.2. The predicted molar refractivity (Wildman–Crippen MR) is 161 cm³/mol. The minimum absolute atomic E-state index is 0.0197. The van der Waals surface area contributed by atoms with Crippen molar-refractivity contribution in [3.63, 3.8) is 0 Å². The maximum Gasteiger partial charge on any atom is 0.334 e. The first-order chi connectivity index (χ1) is 20.9. The molecule has 2 aliphatic heterocycles. The Morgan fingerprint density at radius 3 is 2.42 bits per heavy atom. The number of carbonyl (C=O) groups is 3. The highest BCUT2D eigenvalue weighted by molar-refractivity contribution is 8.03. The third kappa shape index (κ3) is 6.28. The fraction of sp³-hybridized carbons (Fsp3) is 0.321. The van der Waals surface area contributed by atoms with Crippen LogP contribution in [0.5, 0.6) is 0 Å². The first-order valence-corrected chi connectivity index (χ1v) is 16.1. The van der Waals surface area contributed by atoms with Crippen LogP contribution >= 0.6 is 35.3 Å². The molecule has 5 rings (SSSR count). The minimum Gasteiger partial charge on any atom is -0.451 e. The number of rotatable bonds is 12. The number of nitrogens with zero attached hydrogens (tertiary/aromatic N) is 6. The summed E-state index contributed by atoms with van der Waals surface area (Å²) in [7, 11) is 3.05. The van der Waals surface area contributed by atoms with E-state index in [-0.39, 0.29) is 11.5 Å². The molecule has 0 bridgehead atoms. The van der Waals surface area contributed by atoms with Crippen LogP contribution in [0.2, 0.25) is 0 Å². The lowest BCUT2D eigenvalue weighted by atomic mass is 9.94. The van der Waals surface area contributed by atoms with Crippen molar-refractivity contribution in [1.82, 2.24) is 30.4 Å². The zero-order chi connectivity index (χ0) is 30.4. The zero-order valence-corrected chi connectivity index (χ0v) is 25.6. The molecule has 1 fully saturated rings. The van der Waals surface area contributed by atoms with Crippen molar-refractivity contribution in [1.29, 1.82) is 5.26 Å². The highest BCUT2D eigenvalue weighted by atomic mass is 32.2. The van der Waals surface area contributed by atoms with Gasteiger partial charge in [-0.15, -0.1) is 28.6 Å². The lowest BCUT2D eigenvalue weighted by Crippen LogP contribution is -2.83. The average Bonchev–Trinajstić information content (AvgIpc) is 3.45.